The van der Waals surface area contributed by atoms with E-state index in [1.54, 1.807) is 11.3 Å². The molecule has 2 aliphatic carbocycles. The Hall–Kier alpha value is -1.21. The van der Waals surface area contributed by atoms with Crippen LogP contribution in [0.25, 0.3) is 0 Å². The lowest BCUT2D eigenvalue weighted by Crippen LogP contribution is -2.48. The van der Waals surface area contributed by atoms with E-state index in [-0.39, 0.29) is 5.91 Å². The number of carbonyl (C=O) groups excluding carboxylic acids is 1. The lowest BCUT2D eigenvalue weighted by atomic mass is 9.89. The molecule has 4 rings (SSSR count). The van der Waals surface area contributed by atoms with Crippen LogP contribution in [-0.4, -0.2) is 59.8 Å². The van der Waals surface area contributed by atoms with Crippen molar-refractivity contribution in [2.24, 2.45) is 5.92 Å². The Morgan fingerprint density at radius 3 is 2.41 bits per heavy atom. The summed E-state index contributed by atoms with van der Waals surface area (Å²) in [6.45, 7) is 5.56. The summed E-state index contributed by atoms with van der Waals surface area (Å²) >= 11 is 1.59. The van der Waals surface area contributed by atoms with Crippen molar-refractivity contribution in [3.8, 4) is 0 Å². The van der Waals surface area contributed by atoms with Gasteiger partial charge in [0, 0.05) is 38.8 Å². The molecule has 7 heteroatoms. The molecule has 3 aliphatic rings. The van der Waals surface area contributed by atoms with Crippen LogP contribution < -0.4 is 10.2 Å². The smallest absolute Gasteiger partial charge is 0.227 e. The second-order valence-electron chi connectivity index (χ2n) is 8.50. The number of nitrogens with zero attached hydrogens (tertiary/aromatic N) is 4. The molecule has 3 fully saturated rings. The number of rotatable bonds is 6. The van der Waals surface area contributed by atoms with Gasteiger partial charge in [-0.1, -0.05) is 43.4 Å². The molecule has 2 heterocycles. The minimum atomic E-state index is 0.0990. The van der Waals surface area contributed by atoms with Crippen LogP contribution in [-0.2, 0) is 11.2 Å². The fraction of sp³-hybridized carbons (Fsp3) is 0.850. The summed E-state index contributed by atoms with van der Waals surface area (Å²) in [5, 5.41) is 13.6. The molecule has 0 bridgehead atoms. The quantitative estimate of drug-likeness (QED) is 0.808. The Morgan fingerprint density at radius 2 is 1.67 bits per heavy atom. The highest BCUT2D eigenvalue weighted by Gasteiger charge is 2.24. The van der Waals surface area contributed by atoms with Crippen molar-refractivity contribution in [3.63, 3.8) is 0 Å². The van der Waals surface area contributed by atoms with Gasteiger partial charge in [0.2, 0.25) is 11.0 Å². The van der Waals surface area contributed by atoms with E-state index in [2.05, 4.69) is 25.3 Å². The SMILES string of the molecule is O=C(Cc1nnc(N2CCN(CC3CCCCC3)CC2)s1)NC1CCCC1. The minimum absolute atomic E-state index is 0.0990. The molecule has 6 nitrogen and oxygen atoms in total. The molecule has 1 aliphatic heterocycles. The number of amides is 1. The fourth-order valence-electron chi connectivity index (χ4n) is 4.79. The van der Waals surface area contributed by atoms with Crippen molar-refractivity contribution >= 4 is 22.4 Å². The summed E-state index contributed by atoms with van der Waals surface area (Å²) in [6, 6.07) is 0.377. The highest BCUT2D eigenvalue weighted by atomic mass is 32.1. The van der Waals surface area contributed by atoms with Gasteiger partial charge in [0.1, 0.15) is 5.01 Å². The van der Waals surface area contributed by atoms with Gasteiger partial charge in [-0.3, -0.25) is 9.69 Å². The average molecular weight is 392 g/mol. The maximum atomic E-state index is 12.2. The van der Waals surface area contributed by atoms with E-state index < -0.39 is 0 Å². The first-order chi connectivity index (χ1) is 13.3. The standard InChI is InChI=1S/C20H33N5OS/c26-18(21-17-8-4-5-9-17)14-19-22-23-20(27-19)25-12-10-24(11-13-25)15-16-6-2-1-3-7-16/h16-17H,1-15H2,(H,21,26). The molecule has 0 atom stereocenters. The monoisotopic (exact) mass is 391 g/mol. The van der Waals surface area contributed by atoms with Crippen LogP contribution in [0.3, 0.4) is 0 Å². The van der Waals surface area contributed by atoms with Crippen molar-refractivity contribution in [2.75, 3.05) is 37.6 Å². The first-order valence-corrected chi connectivity index (χ1v) is 11.7. The molecule has 1 saturated heterocycles. The van der Waals surface area contributed by atoms with Crippen molar-refractivity contribution in [2.45, 2.75) is 70.3 Å². The van der Waals surface area contributed by atoms with Gasteiger partial charge in [0.25, 0.3) is 0 Å². The number of piperazine rings is 1. The Morgan fingerprint density at radius 1 is 0.963 bits per heavy atom. The average Bonchev–Trinajstić information content (AvgIpc) is 3.35. The lowest BCUT2D eigenvalue weighted by molar-refractivity contribution is -0.121. The summed E-state index contributed by atoms with van der Waals surface area (Å²) < 4.78 is 0. The molecule has 0 spiro atoms. The summed E-state index contributed by atoms with van der Waals surface area (Å²) in [6.07, 6.45) is 12.2. The summed E-state index contributed by atoms with van der Waals surface area (Å²) in [5.74, 6) is 1.01. The van der Waals surface area contributed by atoms with Crippen LogP contribution in [0.15, 0.2) is 0 Å². The van der Waals surface area contributed by atoms with Crippen LogP contribution in [0.1, 0.15) is 62.8 Å². The molecule has 150 valence electrons. The topological polar surface area (TPSA) is 61.4 Å². The van der Waals surface area contributed by atoms with Gasteiger partial charge >= 0.3 is 0 Å². The first kappa shape index (κ1) is 19.1. The van der Waals surface area contributed by atoms with E-state index in [0.717, 1.165) is 55.1 Å². The third-order valence-corrected chi connectivity index (χ3v) is 7.36. The Labute approximate surface area is 166 Å². The van der Waals surface area contributed by atoms with E-state index in [4.69, 9.17) is 0 Å². The van der Waals surface area contributed by atoms with E-state index in [0.29, 0.717) is 12.5 Å². The van der Waals surface area contributed by atoms with Gasteiger partial charge in [0.15, 0.2) is 0 Å². The number of anilines is 1. The van der Waals surface area contributed by atoms with Gasteiger partial charge < -0.3 is 10.2 Å². The van der Waals surface area contributed by atoms with Gasteiger partial charge in [-0.25, -0.2) is 0 Å². The molecule has 0 unspecified atom stereocenters. The number of hydrogen-bond acceptors (Lipinski definition) is 6. The molecule has 1 aromatic heterocycles. The van der Waals surface area contributed by atoms with E-state index in [1.807, 2.05) is 0 Å². The fourth-order valence-corrected chi connectivity index (χ4v) is 5.68. The first-order valence-electron chi connectivity index (χ1n) is 10.9. The van der Waals surface area contributed by atoms with Crippen LogP contribution in [0.5, 0.6) is 0 Å². The largest absolute Gasteiger partial charge is 0.353 e. The van der Waals surface area contributed by atoms with Gasteiger partial charge in [-0.05, 0) is 31.6 Å². The Kier molecular flexibility index (Phi) is 6.60. The summed E-state index contributed by atoms with van der Waals surface area (Å²) in [4.78, 5) is 17.2. The molecule has 1 N–H and O–H groups in total. The van der Waals surface area contributed by atoms with Crippen molar-refractivity contribution < 1.29 is 4.79 Å². The minimum Gasteiger partial charge on any atom is -0.353 e. The van der Waals surface area contributed by atoms with Crippen LogP contribution >= 0.6 is 11.3 Å². The van der Waals surface area contributed by atoms with E-state index >= 15 is 0 Å². The van der Waals surface area contributed by atoms with Crippen LogP contribution in [0, 0.1) is 5.92 Å². The van der Waals surface area contributed by atoms with Crippen LogP contribution in [0.4, 0.5) is 5.13 Å². The molecule has 1 aromatic rings. The predicted molar refractivity (Wildman–Crippen MR) is 109 cm³/mol. The lowest BCUT2D eigenvalue weighted by Gasteiger charge is -2.36. The highest BCUT2D eigenvalue weighted by Crippen LogP contribution is 2.26. The van der Waals surface area contributed by atoms with Gasteiger partial charge in [-0.2, -0.15) is 0 Å². The number of nitrogens with one attached hydrogen (secondary N) is 1. The molecule has 0 aromatic carbocycles. The van der Waals surface area contributed by atoms with Crippen molar-refractivity contribution in [1.82, 2.24) is 20.4 Å². The van der Waals surface area contributed by atoms with E-state index in [1.165, 1.54) is 51.5 Å². The zero-order valence-electron chi connectivity index (χ0n) is 16.4. The van der Waals surface area contributed by atoms with E-state index in [9.17, 15) is 4.79 Å². The van der Waals surface area contributed by atoms with Gasteiger partial charge in [-0.15, -0.1) is 10.2 Å². The molecular weight excluding hydrogens is 358 g/mol. The van der Waals surface area contributed by atoms with Crippen molar-refractivity contribution in [3.05, 3.63) is 5.01 Å². The van der Waals surface area contributed by atoms with Crippen molar-refractivity contribution in [1.29, 1.82) is 0 Å². The second-order valence-corrected chi connectivity index (χ2v) is 9.54. The number of hydrogen-bond donors (Lipinski definition) is 1. The Bertz CT molecular complexity index is 601. The zero-order valence-corrected chi connectivity index (χ0v) is 17.2. The molecular formula is C20H33N5OS. The van der Waals surface area contributed by atoms with Crippen LogP contribution in [0.2, 0.25) is 0 Å². The predicted octanol–water partition coefficient (Wildman–Crippen LogP) is 2.84. The molecule has 0 radical (unpaired) electrons. The second kappa shape index (κ2) is 9.32. The molecule has 27 heavy (non-hydrogen) atoms. The molecule has 1 amide bonds. The maximum absolute atomic E-state index is 12.2. The highest BCUT2D eigenvalue weighted by molar-refractivity contribution is 7.15. The third-order valence-electron chi connectivity index (χ3n) is 6.37. The zero-order chi connectivity index (χ0) is 18.5. The Balaban J connectivity index is 1.21. The molecule has 2 saturated carbocycles. The summed E-state index contributed by atoms with van der Waals surface area (Å²) in [7, 11) is 0. The maximum Gasteiger partial charge on any atom is 0.227 e. The summed E-state index contributed by atoms with van der Waals surface area (Å²) in [5.41, 5.74) is 0. The normalized spacial score (nSPS) is 23.0. The van der Waals surface area contributed by atoms with Gasteiger partial charge in [0.05, 0.1) is 6.42 Å². The third kappa shape index (κ3) is 5.41. The number of aromatic nitrogens is 2. The number of carbonyl (C=O) groups is 1.